The Morgan fingerprint density at radius 3 is 2.57 bits per heavy atom. The number of amides is 1. The summed E-state index contributed by atoms with van der Waals surface area (Å²) in [6.07, 6.45) is 10.4. The molecule has 0 radical (unpaired) electrons. The first-order valence-electron chi connectivity index (χ1n) is 12.3. The Balaban J connectivity index is 1.55. The summed E-state index contributed by atoms with van der Waals surface area (Å²) in [6.45, 7) is 8.60. The number of aliphatic hydroxyl groups is 1. The fourth-order valence-corrected chi connectivity index (χ4v) is 5.67. The van der Waals surface area contributed by atoms with E-state index in [-0.39, 0.29) is 41.0 Å². The zero-order valence-corrected chi connectivity index (χ0v) is 20.6. The van der Waals surface area contributed by atoms with Crippen LogP contribution in [0.1, 0.15) is 74.4 Å². The molecule has 7 nitrogen and oxygen atoms in total. The molecule has 7 heteroatoms. The van der Waals surface area contributed by atoms with Crippen molar-refractivity contribution < 1.29 is 14.6 Å². The Morgan fingerprint density at radius 1 is 1.26 bits per heavy atom. The minimum absolute atomic E-state index is 0.0864. The van der Waals surface area contributed by atoms with Crippen LogP contribution in [0.2, 0.25) is 0 Å². The minimum Gasteiger partial charge on any atom is -0.384 e. The van der Waals surface area contributed by atoms with Crippen molar-refractivity contribution in [2.45, 2.75) is 64.8 Å². The third kappa shape index (κ3) is 4.01. The Bertz CT molecular complexity index is 1250. The molecule has 0 spiro atoms. The van der Waals surface area contributed by atoms with E-state index in [4.69, 9.17) is 10.00 Å². The van der Waals surface area contributed by atoms with Gasteiger partial charge in [0.25, 0.3) is 5.91 Å². The van der Waals surface area contributed by atoms with Crippen molar-refractivity contribution in [3.63, 3.8) is 0 Å². The summed E-state index contributed by atoms with van der Waals surface area (Å²) < 4.78 is 6.07. The number of nitriles is 1. The molecule has 1 fully saturated rings. The van der Waals surface area contributed by atoms with Crippen molar-refractivity contribution in [2.75, 3.05) is 5.32 Å². The first-order valence-corrected chi connectivity index (χ1v) is 12.3. The molecule has 1 aliphatic carbocycles. The first-order chi connectivity index (χ1) is 16.6. The van der Waals surface area contributed by atoms with Crippen molar-refractivity contribution in [3.8, 4) is 6.07 Å². The number of hydrogen-bond acceptors (Lipinski definition) is 5. The van der Waals surface area contributed by atoms with Crippen LogP contribution in [0.5, 0.6) is 0 Å². The van der Waals surface area contributed by atoms with Gasteiger partial charge in [-0.25, -0.2) is 4.98 Å². The lowest BCUT2D eigenvalue weighted by Gasteiger charge is -2.47. The van der Waals surface area contributed by atoms with E-state index >= 15 is 0 Å². The van der Waals surface area contributed by atoms with Crippen molar-refractivity contribution >= 4 is 17.2 Å². The molecule has 2 bridgehead atoms. The van der Waals surface area contributed by atoms with Crippen LogP contribution in [-0.2, 0) is 10.3 Å². The summed E-state index contributed by atoms with van der Waals surface area (Å²) in [7, 11) is 0. The summed E-state index contributed by atoms with van der Waals surface area (Å²) in [6, 6.07) is 7.76. The Hall–Kier alpha value is -3.21. The molecule has 0 saturated carbocycles. The smallest absolute Gasteiger partial charge is 0.291 e. The van der Waals surface area contributed by atoms with Crippen LogP contribution in [0.4, 0.5) is 5.69 Å². The number of carbonyl (C=O) groups excluding carboxylic acids is 1. The Labute approximate surface area is 205 Å². The molecule has 2 unspecified atom stereocenters. The highest BCUT2D eigenvalue weighted by Gasteiger charge is 2.53. The van der Waals surface area contributed by atoms with Crippen LogP contribution >= 0.6 is 0 Å². The van der Waals surface area contributed by atoms with Crippen LogP contribution in [0.15, 0.2) is 42.6 Å². The number of H-pyrrole nitrogens is 1. The largest absolute Gasteiger partial charge is 0.384 e. The number of aromatic amines is 1. The van der Waals surface area contributed by atoms with E-state index in [2.05, 4.69) is 47.4 Å². The summed E-state index contributed by atoms with van der Waals surface area (Å²) in [5.41, 5.74) is 2.91. The van der Waals surface area contributed by atoms with Gasteiger partial charge < -0.3 is 20.1 Å². The summed E-state index contributed by atoms with van der Waals surface area (Å²) in [5.74, 6) is -0.561. The number of imidazole rings is 1. The Morgan fingerprint density at radius 2 is 1.97 bits per heavy atom. The number of fused-ring (bicyclic) bond motifs is 2. The quantitative estimate of drug-likeness (QED) is 0.547. The molecule has 1 amide bonds. The van der Waals surface area contributed by atoms with Crippen molar-refractivity contribution in [2.24, 2.45) is 17.3 Å². The van der Waals surface area contributed by atoms with Gasteiger partial charge in [-0.3, -0.25) is 4.79 Å². The van der Waals surface area contributed by atoms with E-state index in [0.29, 0.717) is 5.69 Å². The van der Waals surface area contributed by atoms with Gasteiger partial charge in [0.2, 0.25) is 0 Å². The second kappa shape index (κ2) is 8.47. The molecule has 1 aromatic carbocycles. The average molecular weight is 473 g/mol. The number of allylic oxidation sites excluding steroid dienone is 2. The zero-order chi connectivity index (χ0) is 25.0. The fraction of sp³-hybridized carbons (Fsp3) is 0.464. The number of ether oxygens (including phenoxy) is 1. The normalized spacial score (nSPS) is 31.0. The molecule has 3 N–H and O–H groups in total. The van der Waals surface area contributed by atoms with Crippen molar-refractivity contribution in [1.82, 2.24) is 9.97 Å². The lowest BCUT2D eigenvalue weighted by Crippen LogP contribution is -2.53. The van der Waals surface area contributed by atoms with E-state index in [1.54, 1.807) is 0 Å². The maximum Gasteiger partial charge on any atom is 0.291 e. The molecule has 1 saturated heterocycles. The number of carbonyl (C=O) groups is 1. The second-order valence-electron chi connectivity index (χ2n) is 10.9. The third-order valence-electron chi connectivity index (χ3n) is 8.13. The molecule has 2 aromatic rings. The second-order valence-corrected chi connectivity index (χ2v) is 10.9. The Kier molecular flexibility index (Phi) is 5.70. The zero-order valence-electron chi connectivity index (χ0n) is 20.6. The SMILES string of the molecule is C[C@@H]1C2C=CC(O2)[C@H](C)[C@@]1(O)c1ccc(NC(=O)c2nc(C#N)c[nH]2)c(C2=CCC(C)(C)CC2)c1. The highest BCUT2D eigenvalue weighted by atomic mass is 16.5. The number of nitrogens with zero attached hydrogens (tertiary/aromatic N) is 2. The molecule has 182 valence electrons. The number of hydrogen-bond donors (Lipinski definition) is 3. The van der Waals surface area contributed by atoms with E-state index in [1.807, 2.05) is 38.1 Å². The first kappa shape index (κ1) is 23.5. The van der Waals surface area contributed by atoms with Gasteiger partial charge in [-0.05, 0) is 47.9 Å². The molecule has 1 aromatic heterocycles. The van der Waals surface area contributed by atoms with Crippen molar-refractivity contribution in [1.29, 1.82) is 5.26 Å². The average Bonchev–Trinajstić information content (AvgIpc) is 3.51. The van der Waals surface area contributed by atoms with Crippen LogP contribution < -0.4 is 5.32 Å². The molecule has 3 heterocycles. The monoisotopic (exact) mass is 472 g/mol. The molecule has 5 rings (SSSR count). The maximum absolute atomic E-state index is 12.9. The number of anilines is 1. The summed E-state index contributed by atoms with van der Waals surface area (Å²) in [5, 5.41) is 24.1. The molecule has 35 heavy (non-hydrogen) atoms. The maximum atomic E-state index is 12.9. The fourth-order valence-electron chi connectivity index (χ4n) is 5.67. The van der Waals surface area contributed by atoms with Gasteiger partial charge in [0.1, 0.15) is 11.7 Å². The topological polar surface area (TPSA) is 111 Å². The number of nitrogens with one attached hydrogen (secondary N) is 2. The van der Waals surface area contributed by atoms with Crippen LogP contribution in [-0.4, -0.2) is 33.2 Å². The summed E-state index contributed by atoms with van der Waals surface area (Å²) in [4.78, 5) is 19.7. The number of aromatic nitrogens is 2. The number of benzene rings is 1. The van der Waals surface area contributed by atoms with E-state index < -0.39 is 11.5 Å². The highest BCUT2D eigenvalue weighted by Crippen LogP contribution is 2.50. The van der Waals surface area contributed by atoms with E-state index in [1.165, 1.54) is 6.20 Å². The standard InChI is InChI=1S/C28H32N4O3/c1-16-23-7-8-24(35-23)17(2)28(16,34)19-5-6-22(32-26(33)25-30-15-20(14-29)31-25)21(13-19)18-9-11-27(3,4)12-10-18/h5-9,13,15-17,23-24,34H,10-12H2,1-4H3,(H,30,31)(H,32,33)/t16-,17+,23?,24?,28-. The van der Waals surface area contributed by atoms with Gasteiger partial charge in [0.05, 0.1) is 12.2 Å². The molecule has 3 aliphatic rings. The van der Waals surface area contributed by atoms with Crippen LogP contribution in [0.25, 0.3) is 5.57 Å². The molecular weight excluding hydrogens is 440 g/mol. The molecule has 5 atom stereocenters. The van der Waals surface area contributed by atoms with E-state index in [9.17, 15) is 9.90 Å². The highest BCUT2D eigenvalue weighted by molar-refractivity contribution is 6.03. The van der Waals surface area contributed by atoms with Gasteiger partial charge in [-0.15, -0.1) is 0 Å². The van der Waals surface area contributed by atoms with Gasteiger partial charge in [0.15, 0.2) is 11.5 Å². The van der Waals surface area contributed by atoms with Gasteiger partial charge in [-0.2, -0.15) is 5.26 Å². The van der Waals surface area contributed by atoms with Gasteiger partial charge in [0, 0.05) is 29.3 Å². The minimum atomic E-state index is -1.06. The molecule has 2 aliphatic heterocycles. The van der Waals surface area contributed by atoms with Crippen LogP contribution in [0.3, 0.4) is 0 Å². The predicted octanol–water partition coefficient (Wildman–Crippen LogP) is 4.92. The van der Waals surface area contributed by atoms with Crippen LogP contribution in [0, 0.1) is 28.6 Å². The number of rotatable bonds is 4. The van der Waals surface area contributed by atoms with Crippen molar-refractivity contribution in [3.05, 3.63) is 65.3 Å². The third-order valence-corrected chi connectivity index (χ3v) is 8.13. The van der Waals surface area contributed by atoms with E-state index in [0.717, 1.165) is 36.0 Å². The predicted molar refractivity (Wildman–Crippen MR) is 133 cm³/mol. The lowest BCUT2D eigenvalue weighted by atomic mass is 9.68. The molecular formula is C28H32N4O3. The van der Waals surface area contributed by atoms with Gasteiger partial charge >= 0.3 is 0 Å². The lowest BCUT2D eigenvalue weighted by molar-refractivity contribution is -0.187. The summed E-state index contributed by atoms with van der Waals surface area (Å²) >= 11 is 0. The van der Waals surface area contributed by atoms with Gasteiger partial charge in [-0.1, -0.05) is 52.0 Å².